The third kappa shape index (κ3) is 2.89. The lowest BCUT2D eigenvalue weighted by atomic mass is 10.3. The second-order valence-electron chi connectivity index (χ2n) is 3.87. The van der Waals surface area contributed by atoms with Gasteiger partial charge in [0, 0.05) is 5.38 Å². The molecule has 0 aliphatic rings. The fourth-order valence-electron chi connectivity index (χ4n) is 1.42. The number of nitrogens with one attached hydrogen (secondary N) is 1. The highest BCUT2D eigenvalue weighted by Crippen LogP contribution is 2.22. The molecule has 0 amide bonds. The maximum Gasteiger partial charge on any atom is 0.267 e. The standard InChI is InChI=1S/C11H16N4OS/c1-4-5-12-7(2)10-14-15-11(16-10)9-6-17-8(3)13-9/h6-7,12H,4-5H2,1-3H3. The summed E-state index contributed by atoms with van der Waals surface area (Å²) < 4.78 is 5.60. The molecule has 1 unspecified atom stereocenters. The summed E-state index contributed by atoms with van der Waals surface area (Å²) in [5.74, 6) is 1.11. The molecular formula is C11H16N4OS. The van der Waals surface area contributed by atoms with Gasteiger partial charge >= 0.3 is 0 Å². The Morgan fingerprint density at radius 1 is 1.47 bits per heavy atom. The summed E-state index contributed by atoms with van der Waals surface area (Å²) in [5, 5.41) is 14.3. The molecule has 1 N–H and O–H groups in total. The zero-order valence-corrected chi connectivity index (χ0v) is 11.0. The highest BCUT2D eigenvalue weighted by molar-refractivity contribution is 7.09. The molecule has 0 spiro atoms. The number of rotatable bonds is 5. The number of nitrogens with zero attached hydrogens (tertiary/aromatic N) is 3. The highest BCUT2D eigenvalue weighted by atomic mass is 32.1. The molecule has 0 radical (unpaired) electrons. The first-order valence-electron chi connectivity index (χ1n) is 5.70. The van der Waals surface area contributed by atoms with E-state index < -0.39 is 0 Å². The summed E-state index contributed by atoms with van der Waals surface area (Å²) in [5.41, 5.74) is 0.758. The maximum atomic E-state index is 5.60. The number of aryl methyl sites for hydroxylation is 1. The van der Waals surface area contributed by atoms with Crippen LogP contribution in [0.3, 0.4) is 0 Å². The fourth-order valence-corrected chi connectivity index (χ4v) is 2.01. The molecule has 17 heavy (non-hydrogen) atoms. The Hall–Kier alpha value is -1.27. The van der Waals surface area contributed by atoms with Gasteiger partial charge in [0.05, 0.1) is 11.0 Å². The Kier molecular flexibility index (Phi) is 3.86. The van der Waals surface area contributed by atoms with Gasteiger partial charge in [0.25, 0.3) is 5.89 Å². The van der Waals surface area contributed by atoms with Crippen LogP contribution in [0.1, 0.15) is 37.2 Å². The monoisotopic (exact) mass is 252 g/mol. The van der Waals surface area contributed by atoms with Gasteiger partial charge in [-0.1, -0.05) is 6.92 Å². The van der Waals surface area contributed by atoms with E-state index in [1.165, 1.54) is 0 Å². The van der Waals surface area contributed by atoms with Crippen LogP contribution in [0.5, 0.6) is 0 Å². The van der Waals surface area contributed by atoms with Gasteiger partial charge in [-0.3, -0.25) is 0 Å². The van der Waals surface area contributed by atoms with Crippen molar-refractivity contribution in [3.63, 3.8) is 0 Å². The summed E-state index contributed by atoms with van der Waals surface area (Å²) in [6, 6.07) is 0.0796. The number of hydrogen-bond donors (Lipinski definition) is 1. The summed E-state index contributed by atoms with van der Waals surface area (Å²) in [6.45, 7) is 7.03. The van der Waals surface area contributed by atoms with Crippen LogP contribution in [0.25, 0.3) is 11.6 Å². The van der Waals surface area contributed by atoms with E-state index in [4.69, 9.17) is 4.42 Å². The van der Waals surface area contributed by atoms with Crippen LogP contribution in [0.4, 0.5) is 0 Å². The van der Waals surface area contributed by atoms with Gasteiger partial charge in [-0.05, 0) is 26.8 Å². The van der Waals surface area contributed by atoms with E-state index >= 15 is 0 Å². The third-order valence-corrected chi connectivity index (χ3v) is 3.12. The van der Waals surface area contributed by atoms with Crippen molar-refractivity contribution in [1.29, 1.82) is 0 Å². The van der Waals surface area contributed by atoms with Crippen molar-refractivity contribution in [2.75, 3.05) is 6.54 Å². The van der Waals surface area contributed by atoms with Crippen molar-refractivity contribution in [3.8, 4) is 11.6 Å². The SMILES string of the molecule is CCCNC(C)c1nnc(-c2csc(C)n2)o1. The lowest BCUT2D eigenvalue weighted by Gasteiger charge is -2.07. The summed E-state index contributed by atoms with van der Waals surface area (Å²) >= 11 is 1.58. The topological polar surface area (TPSA) is 63.8 Å². The zero-order valence-electron chi connectivity index (χ0n) is 10.2. The molecule has 0 aromatic carbocycles. The second-order valence-corrected chi connectivity index (χ2v) is 4.94. The quantitative estimate of drug-likeness (QED) is 0.886. The van der Waals surface area contributed by atoms with Crippen LogP contribution >= 0.6 is 11.3 Å². The number of aromatic nitrogens is 3. The summed E-state index contributed by atoms with van der Waals surface area (Å²) in [4.78, 5) is 4.32. The largest absolute Gasteiger partial charge is 0.418 e. The molecule has 0 aliphatic heterocycles. The molecule has 2 aromatic rings. The molecule has 0 fully saturated rings. The molecule has 2 heterocycles. The van der Waals surface area contributed by atoms with Crippen molar-refractivity contribution < 1.29 is 4.42 Å². The van der Waals surface area contributed by atoms with E-state index in [2.05, 4.69) is 27.4 Å². The average molecular weight is 252 g/mol. The van der Waals surface area contributed by atoms with Crippen LogP contribution < -0.4 is 5.32 Å². The van der Waals surface area contributed by atoms with Gasteiger partial charge in [-0.25, -0.2) is 4.98 Å². The minimum atomic E-state index is 0.0796. The lowest BCUT2D eigenvalue weighted by Crippen LogP contribution is -2.19. The Balaban J connectivity index is 2.10. The van der Waals surface area contributed by atoms with Crippen molar-refractivity contribution in [2.45, 2.75) is 33.2 Å². The molecular weight excluding hydrogens is 236 g/mol. The van der Waals surface area contributed by atoms with Crippen LogP contribution in [0.15, 0.2) is 9.80 Å². The molecule has 2 aromatic heterocycles. The fraction of sp³-hybridized carbons (Fsp3) is 0.545. The van der Waals surface area contributed by atoms with Crippen LogP contribution in [0.2, 0.25) is 0 Å². The Morgan fingerprint density at radius 2 is 2.29 bits per heavy atom. The minimum absolute atomic E-state index is 0.0796. The van der Waals surface area contributed by atoms with E-state index in [1.54, 1.807) is 11.3 Å². The Bertz CT molecular complexity index is 479. The van der Waals surface area contributed by atoms with Crippen molar-refractivity contribution in [1.82, 2.24) is 20.5 Å². The van der Waals surface area contributed by atoms with Gasteiger partial charge in [0.2, 0.25) is 5.89 Å². The average Bonchev–Trinajstić information content (AvgIpc) is 2.93. The Morgan fingerprint density at radius 3 is 2.94 bits per heavy atom. The van der Waals surface area contributed by atoms with Gasteiger partial charge in [0.15, 0.2) is 0 Å². The van der Waals surface area contributed by atoms with Crippen molar-refractivity contribution in [2.24, 2.45) is 0 Å². The molecule has 0 bridgehead atoms. The number of hydrogen-bond acceptors (Lipinski definition) is 6. The second kappa shape index (κ2) is 5.37. The minimum Gasteiger partial charge on any atom is -0.418 e. The third-order valence-electron chi connectivity index (χ3n) is 2.35. The molecule has 5 nitrogen and oxygen atoms in total. The van der Waals surface area contributed by atoms with E-state index in [0.717, 1.165) is 23.7 Å². The van der Waals surface area contributed by atoms with Gasteiger partial charge in [0.1, 0.15) is 5.69 Å². The normalized spacial score (nSPS) is 12.9. The maximum absolute atomic E-state index is 5.60. The van der Waals surface area contributed by atoms with Crippen molar-refractivity contribution in [3.05, 3.63) is 16.3 Å². The first-order chi connectivity index (χ1) is 8.20. The smallest absolute Gasteiger partial charge is 0.267 e. The van der Waals surface area contributed by atoms with E-state index in [0.29, 0.717) is 11.8 Å². The van der Waals surface area contributed by atoms with E-state index in [9.17, 15) is 0 Å². The molecule has 0 saturated heterocycles. The summed E-state index contributed by atoms with van der Waals surface area (Å²) in [7, 11) is 0. The molecule has 1 atom stereocenters. The molecule has 92 valence electrons. The van der Waals surface area contributed by atoms with Gasteiger partial charge in [-0.2, -0.15) is 0 Å². The first kappa shape index (κ1) is 12.2. The van der Waals surface area contributed by atoms with Crippen molar-refractivity contribution >= 4 is 11.3 Å². The van der Waals surface area contributed by atoms with E-state index in [1.807, 2.05) is 19.2 Å². The Labute approximate surface area is 104 Å². The van der Waals surface area contributed by atoms with Crippen LogP contribution in [-0.4, -0.2) is 21.7 Å². The highest BCUT2D eigenvalue weighted by Gasteiger charge is 2.15. The first-order valence-corrected chi connectivity index (χ1v) is 6.58. The lowest BCUT2D eigenvalue weighted by molar-refractivity contribution is 0.422. The number of thiazole rings is 1. The van der Waals surface area contributed by atoms with Crippen LogP contribution in [0, 0.1) is 6.92 Å². The molecule has 0 aliphatic carbocycles. The predicted octanol–water partition coefficient (Wildman–Crippen LogP) is 2.56. The molecule has 6 heteroatoms. The molecule has 0 saturated carbocycles. The van der Waals surface area contributed by atoms with Gasteiger partial charge < -0.3 is 9.73 Å². The van der Waals surface area contributed by atoms with E-state index in [-0.39, 0.29) is 6.04 Å². The zero-order chi connectivity index (χ0) is 12.3. The molecule has 2 rings (SSSR count). The summed E-state index contributed by atoms with van der Waals surface area (Å²) in [6.07, 6.45) is 1.08. The van der Waals surface area contributed by atoms with Crippen LogP contribution in [-0.2, 0) is 0 Å². The van der Waals surface area contributed by atoms with Gasteiger partial charge in [-0.15, -0.1) is 21.5 Å². The predicted molar refractivity (Wildman–Crippen MR) is 66.9 cm³/mol.